The van der Waals surface area contributed by atoms with Crippen LogP contribution in [0.25, 0.3) is 88.4 Å². The lowest BCUT2D eigenvalue weighted by Gasteiger charge is -2.37. The topological polar surface area (TPSA) is 350 Å². The molecule has 13 atom stereocenters. The zero-order valence-electron chi connectivity index (χ0n) is 66.5. The Labute approximate surface area is 654 Å². The van der Waals surface area contributed by atoms with E-state index in [4.69, 9.17) is 48.4 Å². The van der Waals surface area contributed by atoms with Crippen LogP contribution in [0.4, 0.5) is 19.2 Å². The summed E-state index contributed by atoms with van der Waals surface area (Å²) in [4.78, 5) is 118. The molecule has 4 saturated heterocycles. The minimum Gasteiger partial charge on any atom is -0.488 e. The lowest BCUT2D eigenvalue weighted by atomic mass is 9.80. The molecule has 28 heteroatoms. The van der Waals surface area contributed by atoms with Gasteiger partial charge in [0.1, 0.15) is 65.7 Å². The average Bonchev–Trinajstić information content (AvgIpc) is 1.74. The molecule has 4 fully saturated rings. The molecule has 10 aromatic rings. The third-order valence-corrected chi connectivity index (χ3v) is 23.6. The molecule has 0 bridgehead atoms. The number of amides is 6. The predicted molar refractivity (Wildman–Crippen MR) is 425 cm³/mol. The molecule has 113 heavy (non-hydrogen) atoms. The number of H-pyrrole nitrogens is 4. The lowest BCUT2D eigenvalue weighted by Crippen LogP contribution is -2.55. The van der Waals surface area contributed by atoms with Gasteiger partial charge in [-0.15, -0.1) is 0 Å². The number of likely N-dealkylation sites (tertiary alicyclic amines) is 4. The van der Waals surface area contributed by atoms with Gasteiger partial charge < -0.3 is 79.0 Å². The maximum Gasteiger partial charge on any atom is 0.410 e. The van der Waals surface area contributed by atoms with E-state index >= 15 is 0 Å². The van der Waals surface area contributed by atoms with Gasteiger partial charge in [-0.3, -0.25) is 19.4 Å². The molecule has 0 saturated carbocycles. The van der Waals surface area contributed by atoms with Crippen LogP contribution < -0.4 is 20.1 Å². The SMILES string of the molecule is CC1CC(c2nc3c(ccc4cc5c(cc43)OCc3cc(-c4cnc([C@@H]6CC(C)[C@@H](C(C)(C)C)N6C(=O)O)[nH]4)ccc3-5)[nH]2)N(C(=O)OC(C)(C)C)C1.COC(=O)N[C@H](C(=O)N1[C@@H](C)CC[C@H]1c1ncc(-c2ccc3c(c2)COc2cc4c(ccc5[nH]c([C@@H]6CC[C@H](C)N6C(=O)[C@@H](NC(=O)O)[C@@H](C)OC)nc54)cc2-3)[nH]1)[C@@H](C)OC. The number of benzene rings is 6. The van der Waals surface area contributed by atoms with Crippen LogP contribution in [0.2, 0.25) is 0 Å². The molecule has 594 valence electrons. The molecule has 10 heterocycles. The fourth-order valence-corrected chi connectivity index (χ4v) is 18.1. The summed E-state index contributed by atoms with van der Waals surface area (Å²) in [6.07, 6.45) is 3.54. The lowest BCUT2D eigenvalue weighted by molar-refractivity contribution is -0.140. The van der Waals surface area contributed by atoms with Crippen molar-refractivity contribution >= 4 is 79.8 Å². The summed E-state index contributed by atoms with van der Waals surface area (Å²) in [5.74, 6) is 4.21. The van der Waals surface area contributed by atoms with Crippen molar-refractivity contribution in [2.45, 2.75) is 207 Å². The molecular formula is C85H100N14O14. The van der Waals surface area contributed by atoms with E-state index in [0.717, 1.165) is 143 Å². The Morgan fingerprint density at radius 1 is 0.558 bits per heavy atom. The van der Waals surface area contributed by atoms with Gasteiger partial charge in [-0.05, 0) is 197 Å². The zero-order chi connectivity index (χ0) is 80.1. The second-order valence-corrected chi connectivity index (χ2v) is 33.5. The summed E-state index contributed by atoms with van der Waals surface area (Å²) < 4.78 is 34.2. The molecule has 28 nitrogen and oxygen atoms in total. The number of hydrogen-bond acceptors (Lipinski definition) is 16. The number of fused-ring (bicyclic) bond motifs is 12. The van der Waals surface area contributed by atoms with E-state index in [0.29, 0.717) is 56.0 Å². The quantitative estimate of drug-likeness (QED) is 0.0501. The molecule has 16 rings (SSSR count). The number of imidazole rings is 4. The Hall–Kier alpha value is -11.3. The minimum atomic E-state index is -1.29. The highest BCUT2D eigenvalue weighted by molar-refractivity contribution is 6.08. The van der Waals surface area contributed by atoms with E-state index in [1.807, 2.05) is 52.8 Å². The molecule has 0 aliphatic carbocycles. The zero-order valence-corrected chi connectivity index (χ0v) is 66.5. The average molecular weight is 1540 g/mol. The van der Waals surface area contributed by atoms with Crippen LogP contribution in [0.1, 0.15) is 180 Å². The highest BCUT2D eigenvalue weighted by atomic mass is 16.6. The van der Waals surface area contributed by atoms with Crippen LogP contribution in [0, 0.1) is 17.3 Å². The first-order chi connectivity index (χ1) is 53.9. The Morgan fingerprint density at radius 2 is 1.04 bits per heavy atom. The monoisotopic (exact) mass is 1540 g/mol. The molecule has 6 amide bonds. The Balaban J connectivity index is 0.000000181. The van der Waals surface area contributed by atoms with Crippen LogP contribution in [-0.2, 0) is 41.8 Å². The summed E-state index contributed by atoms with van der Waals surface area (Å²) in [6.45, 7) is 25.0. The molecule has 6 aromatic carbocycles. The number of ether oxygens (including phenoxy) is 6. The Kier molecular flexibility index (Phi) is 20.5. The molecule has 8 N–H and O–H groups in total. The number of alkyl carbamates (subject to hydrolysis) is 1. The molecule has 3 unspecified atom stereocenters. The first kappa shape index (κ1) is 77.1. The number of aromatic nitrogens is 8. The number of rotatable bonds is 14. The number of hydrogen-bond donors (Lipinski definition) is 8. The molecule has 6 aliphatic rings. The summed E-state index contributed by atoms with van der Waals surface area (Å²) in [5.41, 5.74) is 12.3. The molecule has 0 spiro atoms. The maximum atomic E-state index is 13.9. The van der Waals surface area contributed by atoms with Crippen LogP contribution in [0.5, 0.6) is 11.5 Å². The van der Waals surface area contributed by atoms with E-state index in [2.05, 4.69) is 132 Å². The van der Waals surface area contributed by atoms with Crippen molar-refractivity contribution in [3.63, 3.8) is 0 Å². The van der Waals surface area contributed by atoms with Crippen molar-refractivity contribution in [2.24, 2.45) is 17.3 Å². The van der Waals surface area contributed by atoms with E-state index < -0.39 is 48.2 Å². The van der Waals surface area contributed by atoms with Crippen molar-refractivity contribution < 1.29 is 67.4 Å². The third kappa shape index (κ3) is 14.6. The summed E-state index contributed by atoms with van der Waals surface area (Å²) >= 11 is 0. The number of carboxylic acid groups (broad SMARTS) is 2. The number of nitrogens with one attached hydrogen (secondary N) is 6. The second kappa shape index (κ2) is 30.0. The van der Waals surface area contributed by atoms with Gasteiger partial charge >= 0.3 is 24.4 Å². The van der Waals surface area contributed by atoms with Crippen LogP contribution in [-0.4, -0.2) is 182 Å². The minimum absolute atomic E-state index is 0.0783. The van der Waals surface area contributed by atoms with Crippen molar-refractivity contribution in [3.05, 3.63) is 132 Å². The number of carbonyl (C=O) groups excluding carboxylic acids is 4. The number of methoxy groups -OCH3 is 3. The van der Waals surface area contributed by atoms with Gasteiger partial charge in [0.2, 0.25) is 11.8 Å². The summed E-state index contributed by atoms with van der Waals surface area (Å²) in [6, 6.07) is 25.7. The number of aromatic amines is 4. The largest absolute Gasteiger partial charge is 0.488 e. The van der Waals surface area contributed by atoms with Gasteiger partial charge in [0.25, 0.3) is 0 Å². The molecule has 0 radical (unpaired) electrons. The van der Waals surface area contributed by atoms with Crippen molar-refractivity contribution in [1.82, 2.24) is 70.1 Å². The van der Waals surface area contributed by atoms with Crippen molar-refractivity contribution in [2.75, 3.05) is 27.9 Å². The van der Waals surface area contributed by atoms with Crippen molar-refractivity contribution in [3.8, 4) is 56.3 Å². The van der Waals surface area contributed by atoms with Crippen LogP contribution >= 0.6 is 0 Å². The van der Waals surface area contributed by atoms with Crippen molar-refractivity contribution in [1.29, 1.82) is 0 Å². The molecule has 4 aromatic heterocycles. The first-order valence-corrected chi connectivity index (χ1v) is 39.0. The predicted octanol–water partition coefficient (Wildman–Crippen LogP) is 15.7. The first-order valence-electron chi connectivity index (χ1n) is 39.0. The highest BCUT2D eigenvalue weighted by Gasteiger charge is 2.50. The van der Waals surface area contributed by atoms with E-state index in [-0.39, 0.29) is 71.5 Å². The molecule has 6 aliphatic heterocycles. The van der Waals surface area contributed by atoms with Gasteiger partial charge in [0.15, 0.2) is 0 Å². The highest BCUT2D eigenvalue weighted by Crippen LogP contribution is 2.50. The van der Waals surface area contributed by atoms with Crippen LogP contribution in [0.15, 0.2) is 97.3 Å². The normalized spacial score (nSPS) is 22.3. The third-order valence-electron chi connectivity index (χ3n) is 23.6. The van der Waals surface area contributed by atoms with Gasteiger partial charge in [0.05, 0.1) is 89.3 Å². The van der Waals surface area contributed by atoms with Gasteiger partial charge in [-0.25, -0.2) is 39.1 Å². The summed E-state index contributed by atoms with van der Waals surface area (Å²) in [5, 5.41) is 28.6. The van der Waals surface area contributed by atoms with Crippen LogP contribution in [0.3, 0.4) is 0 Å². The fourth-order valence-electron chi connectivity index (χ4n) is 18.1. The summed E-state index contributed by atoms with van der Waals surface area (Å²) in [7, 11) is 4.20. The fraction of sp³-hybridized carbons (Fsp3) is 0.459. The molecular weight excluding hydrogens is 1440 g/mol. The van der Waals surface area contributed by atoms with E-state index in [1.54, 1.807) is 45.8 Å². The number of carbonyl (C=O) groups is 6. The Morgan fingerprint density at radius 3 is 1.51 bits per heavy atom. The number of nitrogens with zero attached hydrogens (tertiary/aromatic N) is 8. The second-order valence-electron chi connectivity index (χ2n) is 33.5. The van der Waals surface area contributed by atoms with E-state index in [1.165, 1.54) is 21.3 Å². The Bertz CT molecular complexity index is 5380. The smallest absolute Gasteiger partial charge is 0.410 e. The van der Waals surface area contributed by atoms with E-state index in [9.17, 15) is 39.0 Å². The van der Waals surface area contributed by atoms with Gasteiger partial charge in [0, 0.05) is 60.8 Å². The standard InChI is InChI=1S/C44H52N8O9.C41H48N6O5/c1-21-8-14-33(51(21)42(54)37(24(4)59-6)50-44(57)60-7)39-45-19-32(47-39)26-10-12-28-27(16-26)20-61-35-18-29-25(17-30(28)35)11-13-31-38(29)48-40(46-31)34-15-9-22(2)52(34)41(53)36(23(3)58-5)49-43(55)56;1-21-13-31(46(19-21)39(50)52-41(6,7)8)37-43-29-12-10-23-16-28-26-11-9-24(15-25(26)20-51-33(28)17-27(23)34(29)45-37)30-18-42-36(44-30)32-14-22(2)35(40(3,4)5)47(32)38(48)49/h10-13,16-19,21-24,33-34,36-37,49H,8-9,14-15,20H2,1-7H3,(H,45,47)(H,46,48)(H,50,57)(H,55,56);9-12,15-18,21-22,31-32,35H,13-14,19-20H2,1-8H3,(H,42,44)(H,43,45)(H,48,49)/t21-,22-,23+,24+,33-,34-,36-,37-;21?,22?,31?,32-,35-/m00/s1. The van der Waals surface area contributed by atoms with Gasteiger partial charge in [-0.2, -0.15) is 0 Å². The van der Waals surface area contributed by atoms with Gasteiger partial charge in [-0.1, -0.05) is 71.0 Å². The maximum absolute atomic E-state index is 13.9.